The molecule has 1 heterocycles. The Labute approximate surface area is 117 Å². The van der Waals surface area contributed by atoms with Gasteiger partial charge in [-0.15, -0.1) is 0 Å². The molecule has 0 N–H and O–H groups in total. The summed E-state index contributed by atoms with van der Waals surface area (Å²) < 4.78 is 0.898. The zero-order chi connectivity index (χ0) is 12.8. The maximum absolute atomic E-state index is 5.85. The average molecular weight is 321 g/mol. The summed E-state index contributed by atoms with van der Waals surface area (Å²) in [5.74, 6) is 1.58. The highest BCUT2D eigenvalue weighted by Gasteiger charge is 2.15. The van der Waals surface area contributed by atoms with Crippen LogP contribution in [0.1, 0.15) is 33.6 Å². The highest BCUT2D eigenvalue weighted by atomic mass is 79.9. The Kier molecular flexibility index (Phi) is 6.20. The van der Waals surface area contributed by atoms with Gasteiger partial charge in [-0.2, -0.15) is 4.98 Å². The summed E-state index contributed by atoms with van der Waals surface area (Å²) in [5.41, 5.74) is 0. The molecule has 0 atom stereocenters. The van der Waals surface area contributed by atoms with Crippen LogP contribution in [-0.2, 0) is 0 Å². The first kappa shape index (κ1) is 14.7. The van der Waals surface area contributed by atoms with Gasteiger partial charge in [-0.3, -0.25) is 0 Å². The molecule has 0 aliphatic rings. The summed E-state index contributed by atoms with van der Waals surface area (Å²) in [6.45, 7) is 8.51. The second-order valence-electron chi connectivity index (χ2n) is 4.03. The highest BCUT2D eigenvalue weighted by Crippen LogP contribution is 2.25. The highest BCUT2D eigenvalue weighted by molar-refractivity contribution is 9.10. The van der Waals surface area contributed by atoms with Gasteiger partial charge in [-0.25, -0.2) is 4.98 Å². The number of halogens is 2. The monoisotopic (exact) mass is 319 g/mol. The lowest BCUT2D eigenvalue weighted by Gasteiger charge is -2.27. The molecule has 0 amide bonds. The van der Waals surface area contributed by atoms with E-state index in [2.05, 4.69) is 51.6 Å². The summed E-state index contributed by atoms with van der Waals surface area (Å²) in [5, 5.41) is 0.297. The second kappa shape index (κ2) is 7.17. The fourth-order valence-electron chi connectivity index (χ4n) is 1.78. The molecule has 0 saturated heterocycles. The third-order valence-electron chi connectivity index (χ3n) is 3.01. The van der Waals surface area contributed by atoms with E-state index in [-0.39, 0.29) is 0 Å². The standard InChI is InChI=1S/C12H19BrClN3/c1-4-9(5-2)8-17(6-3)11-10(13)7-15-12(14)16-11/h7,9H,4-6,8H2,1-3H3. The van der Waals surface area contributed by atoms with E-state index in [0.717, 1.165) is 23.4 Å². The smallest absolute Gasteiger partial charge is 0.224 e. The Morgan fingerprint density at radius 2 is 2.00 bits per heavy atom. The Balaban J connectivity index is 2.89. The van der Waals surface area contributed by atoms with Gasteiger partial charge in [0.2, 0.25) is 5.28 Å². The van der Waals surface area contributed by atoms with Gasteiger partial charge < -0.3 is 4.90 Å². The normalized spacial score (nSPS) is 10.9. The van der Waals surface area contributed by atoms with Gasteiger partial charge >= 0.3 is 0 Å². The van der Waals surface area contributed by atoms with Gasteiger partial charge in [-0.1, -0.05) is 26.7 Å². The first-order chi connectivity index (χ1) is 8.12. The van der Waals surface area contributed by atoms with E-state index in [1.165, 1.54) is 12.8 Å². The van der Waals surface area contributed by atoms with Crippen LogP contribution >= 0.6 is 27.5 Å². The molecule has 3 nitrogen and oxygen atoms in total. The van der Waals surface area contributed by atoms with Crippen LogP contribution in [0.2, 0.25) is 5.28 Å². The van der Waals surface area contributed by atoms with Crippen molar-refractivity contribution < 1.29 is 0 Å². The Morgan fingerprint density at radius 3 is 2.53 bits per heavy atom. The molecule has 1 rings (SSSR count). The summed E-state index contributed by atoms with van der Waals surface area (Å²) in [7, 11) is 0. The molecule has 0 bridgehead atoms. The van der Waals surface area contributed by atoms with Crippen LogP contribution in [0, 0.1) is 5.92 Å². The second-order valence-corrected chi connectivity index (χ2v) is 5.22. The quantitative estimate of drug-likeness (QED) is 0.737. The fraction of sp³-hybridized carbons (Fsp3) is 0.667. The number of rotatable bonds is 6. The topological polar surface area (TPSA) is 29.0 Å². The minimum absolute atomic E-state index is 0.297. The van der Waals surface area contributed by atoms with E-state index in [9.17, 15) is 0 Å². The fourth-order valence-corrected chi connectivity index (χ4v) is 2.35. The largest absolute Gasteiger partial charge is 0.356 e. The summed E-state index contributed by atoms with van der Waals surface area (Å²) in [4.78, 5) is 10.5. The zero-order valence-corrected chi connectivity index (χ0v) is 12.9. The van der Waals surface area contributed by atoms with E-state index in [1.807, 2.05) is 0 Å². The molecule has 0 radical (unpaired) electrons. The first-order valence-corrected chi connectivity index (χ1v) is 7.22. The van der Waals surface area contributed by atoms with E-state index >= 15 is 0 Å². The van der Waals surface area contributed by atoms with Crippen LogP contribution in [0.5, 0.6) is 0 Å². The van der Waals surface area contributed by atoms with Crippen molar-refractivity contribution in [2.45, 2.75) is 33.6 Å². The van der Waals surface area contributed by atoms with Crippen molar-refractivity contribution in [2.75, 3.05) is 18.0 Å². The van der Waals surface area contributed by atoms with Crippen LogP contribution in [0.25, 0.3) is 0 Å². The van der Waals surface area contributed by atoms with Gasteiger partial charge in [0.05, 0.1) is 4.47 Å². The minimum atomic E-state index is 0.297. The summed E-state index contributed by atoms with van der Waals surface area (Å²) >= 11 is 9.33. The molecule has 0 unspecified atom stereocenters. The molecular weight excluding hydrogens is 302 g/mol. The number of aromatic nitrogens is 2. The van der Waals surface area contributed by atoms with Gasteiger partial charge in [0, 0.05) is 19.3 Å². The minimum Gasteiger partial charge on any atom is -0.356 e. The van der Waals surface area contributed by atoms with Crippen LogP contribution in [0.3, 0.4) is 0 Å². The molecule has 1 aromatic heterocycles. The molecule has 17 heavy (non-hydrogen) atoms. The Morgan fingerprint density at radius 1 is 1.35 bits per heavy atom. The lowest BCUT2D eigenvalue weighted by molar-refractivity contribution is 0.484. The van der Waals surface area contributed by atoms with E-state index in [0.29, 0.717) is 11.2 Å². The van der Waals surface area contributed by atoms with Crippen molar-refractivity contribution in [3.8, 4) is 0 Å². The zero-order valence-electron chi connectivity index (χ0n) is 10.6. The Bertz CT molecular complexity index is 356. The van der Waals surface area contributed by atoms with Gasteiger partial charge in [0.15, 0.2) is 0 Å². The number of nitrogens with zero attached hydrogens (tertiary/aromatic N) is 3. The third-order valence-corrected chi connectivity index (χ3v) is 3.75. The van der Waals surface area contributed by atoms with Crippen molar-refractivity contribution in [1.29, 1.82) is 0 Å². The van der Waals surface area contributed by atoms with Crippen LogP contribution in [0.4, 0.5) is 5.82 Å². The molecule has 96 valence electrons. The van der Waals surface area contributed by atoms with E-state index in [1.54, 1.807) is 6.20 Å². The Hall–Kier alpha value is -0.350. The van der Waals surface area contributed by atoms with Crippen molar-refractivity contribution in [2.24, 2.45) is 5.92 Å². The number of anilines is 1. The molecule has 0 aliphatic carbocycles. The van der Waals surface area contributed by atoms with E-state index in [4.69, 9.17) is 11.6 Å². The maximum atomic E-state index is 5.85. The number of hydrogen-bond acceptors (Lipinski definition) is 3. The number of hydrogen-bond donors (Lipinski definition) is 0. The maximum Gasteiger partial charge on any atom is 0.224 e. The van der Waals surface area contributed by atoms with Crippen LogP contribution < -0.4 is 4.90 Å². The summed E-state index contributed by atoms with van der Waals surface area (Å²) in [6.07, 6.45) is 4.08. The predicted octanol–water partition coefficient (Wildman–Crippen LogP) is 4.16. The molecule has 0 aliphatic heterocycles. The molecule has 0 saturated carbocycles. The van der Waals surface area contributed by atoms with Gasteiger partial charge in [0.1, 0.15) is 5.82 Å². The molecule has 0 aromatic carbocycles. The predicted molar refractivity (Wildman–Crippen MR) is 76.7 cm³/mol. The van der Waals surface area contributed by atoms with E-state index < -0.39 is 0 Å². The molecule has 1 aromatic rings. The molecule has 0 fully saturated rings. The van der Waals surface area contributed by atoms with Crippen molar-refractivity contribution in [3.63, 3.8) is 0 Å². The van der Waals surface area contributed by atoms with Crippen molar-refractivity contribution >= 4 is 33.3 Å². The van der Waals surface area contributed by atoms with Crippen LogP contribution in [0.15, 0.2) is 10.7 Å². The van der Waals surface area contributed by atoms with Crippen molar-refractivity contribution in [1.82, 2.24) is 9.97 Å². The molecular formula is C12H19BrClN3. The third kappa shape index (κ3) is 4.11. The van der Waals surface area contributed by atoms with Crippen LogP contribution in [-0.4, -0.2) is 23.1 Å². The van der Waals surface area contributed by atoms with Gasteiger partial charge in [0.25, 0.3) is 0 Å². The SMILES string of the molecule is CCC(CC)CN(CC)c1nc(Cl)ncc1Br. The first-order valence-electron chi connectivity index (χ1n) is 6.05. The lowest BCUT2D eigenvalue weighted by Crippen LogP contribution is -2.30. The van der Waals surface area contributed by atoms with Crippen molar-refractivity contribution in [3.05, 3.63) is 16.0 Å². The average Bonchev–Trinajstić information content (AvgIpc) is 2.34. The van der Waals surface area contributed by atoms with Gasteiger partial charge in [-0.05, 0) is 40.4 Å². The lowest BCUT2D eigenvalue weighted by atomic mass is 10.0. The molecule has 0 spiro atoms. The summed E-state index contributed by atoms with van der Waals surface area (Å²) in [6, 6.07) is 0. The molecule has 5 heteroatoms.